The van der Waals surface area contributed by atoms with Gasteiger partial charge in [0.2, 0.25) is 5.91 Å². The number of fused-ring (bicyclic) bond motifs is 1. The fraction of sp³-hybridized carbons (Fsp3) is 0.160. The van der Waals surface area contributed by atoms with Gasteiger partial charge in [0.15, 0.2) is 21.3 Å². The predicted octanol–water partition coefficient (Wildman–Crippen LogP) is 5.06. The highest BCUT2D eigenvalue weighted by Gasteiger charge is 2.25. The van der Waals surface area contributed by atoms with Gasteiger partial charge in [-0.15, -0.1) is 0 Å². The van der Waals surface area contributed by atoms with Crippen molar-refractivity contribution >= 4 is 43.9 Å². The van der Waals surface area contributed by atoms with Crippen LogP contribution in [0.5, 0.6) is 11.5 Å². The first kappa shape index (κ1) is 24.6. The van der Waals surface area contributed by atoms with E-state index >= 15 is 0 Å². The number of rotatable bonds is 8. The number of methoxy groups -OCH3 is 2. The average molecular weight is 517 g/mol. The van der Waals surface area contributed by atoms with E-state index in [0.717, 1.165) is 0 Å². The molecular weight excluding hydrogens is 495 g/mol. The van der Waals surface area contributed by atoms with Crippen LogP contribution in [0.15, 0.2) is 71.8 Å². The van der Waals surface area contributed by atoms with E-state index in [2.05, 4.69) is 5.32 Å². The quantitative estimate of drug-likeness (QED) is 0.353. The summed E-state index contributed by atoms with van der Waals surface area (Å²) >= 11 is 6.05. The zero-order valence-electron chi connectivity index (χ0n) is 18.9. The first-order valence-electron chi connectivity index (χ1n) is 10.5. The molecule has 1 heterocycles. The number of benzene rings is 3. The third-order valence-corrected chi connectivity index (χ3v) is 7.48. The molecule has 10 heteroatoms. The number of carbonyl (C=O) groups is 1. The zero-order valence-corrected chi connectivity index (χ0v) is 20.5. The molecular formula is C25H22ClFN2O5S. The molecule has 0 radical (unpaired) electrons. The molecule has 0 spiro atoms. The summed E-state index contributed by atoms with van der Waals surface area (Å²) in [6, 6.07) is 15.8. The van der Waals surface area contributed by atoms with E-state index in [1.165, 1.54) is 38.6 Å². The van der Waals surface area contributed by atoms with Crippen molar-refractivity contribution < 1.29 is 27.1 Å². The molecule has 1 N–H and O–H groups in total. The summed E-state index contributed by atoms with van der Waals surface area (Å²) in [5, 5.41) is 3.24. The van der Waals surface area contributed by atoms with E-state index in [1.807, 2.05) is 0 Å². The van der Waals surface area contributed by atoms with Crippen molar-refractivity contribution in [3.05, 3.63) is 83.3 Å². The lowest BCUT2D eigenvalue weighted by Gasteiger charge is -2.11. The van der Waals surface area contributed by atoms with Crippen LogP contribution in [0.4, 0.5) is 10.1 Å². The third-order valence-electron chi connectivity index (χ3n) is 5.46. The summed E-state index contributed by atoms with van der Waals surface area (Å²) in [6.45, 7) is -0.148. The van der Waals surface area contributed by atoms with Crippen LogP contribution in [0.3, 0.4) is 0 Å². The lowest BCUT2D eigenvalue weighted by molar-refractivity contribution is -0.116. The van der Waals surface area contributed by atoms with Crippen LogP contribution < -0.4 is 14.8 Å². The van der Waals surface area contributed by atoms with Gasteiger partial charge in [0.05, 0.1) is 24.9 Å². The molecule has 0 aliphatic heterocycles. The highest BCUT2D eigenvalue weighted by atomic mass is 35.5. The van der Waals surface area contributed by atoms with Crippen LogP contribution in [-0.2, 0) is 26.9 Å². The van der Waals surface area contributed by atoms with Gasteiger partial charge in [0.25, 0.3) is 0 Å². The van der Waals surface area contributed by atoms with E-state index < -0.39 is 21.4 Å². The molecule has 35 heavy (non-hydrogen) atoms. The highest BCUT2D eigenvalue weighted by Crippen LogP contribution is 2.32. The highest BCUT2D eigenvalue weighted by molar-refractivity contribution is 7.90. The summed E-state index contributed by atoms with van der Waals surface area (Å²) < 4.78 is 52.8. The summed E-state index contributed by atoms with van der Waals surface area (Å²) in [4.78, 5) is 12.8. The van der Waals surface area contributed by atoms with Gasteiger partial charge >= 0.3 is 0 Å². The van der Waals surface area contributed by atoms with Gasteiger partial charge in [-0.2, -0.15) is 0 Å². The molecule has 0 fully saturated rings. The van der Waals surface area contributed by atoms with Gasteiger partial charge in [0.1, 0.15) is 12.4 Å². The number of aromatic nitrogens is 1. The standard InChI is InChI=1S/C25H22ClFN2O5S/c1-33-22-11-10-16(12-23(22)34-2)28-25(30)14-29-13-24(17-6-3-4-9-21(17)29)35(31,32)15-18-19(26)7-5-8-20(18)27/h3-13H,14-15H2,1-2H3,(H,28,30). The van der Waals surface area contributed by atoms with Crippen LogP contribution >= 0.6 is 11.6 Å². The van der Waals surface area contributed by atoms with Crippen LogP contribution in [-0.4, -0.2) is 33.1 Å². The van der Waals surface area contributed by atoms with Crippen molar-refractivity contribution in [1.82, 2.24) is 4.57 Å². The lowest BCUT2D eigenvalue weighted by atomic mass is 10.2. The number of sulfone groups is 1. The Hall–Kier alpha value is -3.56. The maximum atomic E-state index is 14.3. The van der Waals surface area contributed by atoms with Crippen molar-refractivity contribution in [1.29, 1.82) is 0 Å². The molecule has 1 amide bonds. The first-order chi connectivity index (χ1) is 16.7. The summed E-state index contributed by atoms with van der Waals surface area (Å²) in [7, 11) is -0.978. The second-order valence-electron chi connectivity index (χ2n) is 7.72. The smallest absolute Gasteiger partial charge is 0.244 e. The van der Waals surface area contributed by atoms with Gasteiger partial charge in [-0.05, 0) is 30.3 Å². The largest absolute Gasteiger partial charge is 0.493 e. The second kappa shape index (κ2) is 9.97. The Labute approximate surface area is 207 Å². The molecule has 4 rings (SSSR count). The first-order valence-corrected chi connectivity index (χ1v) is 12.5. The minimum atomic E-state index is -3.98. The molecule has 0 saturated heterocycles. The van der Waals surface area contributed by atoms with Crippen molar-refractivity contribution in [3.63, 3.8) is 0 Å². The second-order valence-corrected chi connectivity index (χ2v) is 10.1. The van der Waals surface area contributed by atoms with Gasteiger partial charge in [-0.3, -0.25) is 4.79 Å². The number of anilines is 1. The maximum absolute atomic E-state index is 14.3. The third kappa shape index (κ3) is 5.11. The van der Waals surface area contributed by atoms with Crippen molar-refractivity contribution in [3.8, 4) is 11.5 Å². The topological polar surface area (TPSA) is 86.6 Å². The van der Waals surface area contributed by atoms with Crippen LogP contribution in [0.25, 0.3) is 10.9 Å². The average Bonchev–Trinajstić information content (AvgIpc) is 3.20. The predicted molar refractivity (Wildman–Crippen MR) is 132 cm³/mol. The van der Waals surface area contributed by atoms with Crippen molar-refractivity contribution in [2.24, 2.45) is 0 Å². The summed E-state index contributed by atoms with van der Waals surface area (Å²) in [6.07, 6.45) is 1.39. The Morgan fingerprint density at radius 2 is 1.77 bits per heavy atom. The van der Waals surface area contributed by atoms with Gasteiger partial charge < -0.3 is 19.4 Å². The molecule has 4 aromatic rings. The fourth-order valence-corrected chi connectivity index (χ4v) is 5.73. The minimum absolute atomic E-state index is 0.00802. The van der Waals surface area contributed by atoms with Crippen LogP contribution in [0.1, 0.15) is 5.56 Å². The van der Waals surface area contributed by atoms with Crippen molar-refractivity contribution in [2.75, 3.05) is 19.5 Å². The van der Waals surface area contributed by atoms with E-state index in [4.69, 9.17) is 21.1 Å². The van der Waals surface area contributed by atoms with Crippen LogP contribution in [0, 0.1) is 5.82 Å². The number of nitrogens with one attached hydrogen (secondary N) is 1. The summed E-state index contributed by atoms with van der Waals surface area (Å²) in [5.74, 6) is -0.702. The minimum Gasteiger partial charge on any atom is -0.493 e. The van der Waals surface area contributed by atoms with E-state index in [-0.39, 0.29) is 27.9 Å². The number of hydrogen-bond donors (Lipinski definition) is 1. The number of halogens is 2. The van der Waals surface area contributed by atoms with Gasteiger partial charge in [-0.25, -0.2) is 12.8 Å². The Kier molecular flexibility index (Phi) is 7.00. The Balaban J connectivity index is 1.64. The SMILES string of the molecule is COc1ccc(NC(=O)Cn2cc(S(=O)(=O)Cc3c(F)cccc3Cl)c3ccccc32)cc1OC. The molecule has 7 nitrogen and oxygen atoms in total. The van der Waals surface area contributed by atoms with E-state index in [0.29, 0.717) is 28.1 Å². The fourth-order valence-electron chi connectivity index (χ4n) is 3.80. The maximum Gasteiger partial charge on any atom is 0.244 e. The number of amides is 1. The number of ether oxygens (including phenoxy) is 2. The van der Waals surface area contributed by atoms with E-state index in [9.17, 15) is 17.6 Å². The number of nitrogens with zero attached hydrogens (tertiary/aromatic N) is 1. The molecule has 0 atom stereocenters. The number of carbonyl (C=O) groups excluding carboxylic acids is 1. The van der Waals surface area contributed by atoms with Crippen LogP contribution in [0.2, 0.25) is 5.02 Å². The molecule has 0 saturated carbocycles. The monoisotopic (exact) mass is 516 g/mol. The number of para-hydroxylation sites is 1. The van der Waals surface area contributed by atoms with Gasteiger partial charge in [-0.1, -0.05) is 35.9 Å². The molecule has 0 unspecified atom stereocenters. The normalized spacial score (nSPS) is 11.4. The molecule has 0 aliphatic carbocycles. The Bertz CT molecular complexity index is 1500. The zero-order chi connectivity index (χ0) is 25.2. The summed E-state index contributed by atoms with van der Waals surface area (Å²) in [5.41, 5.74) is 0.941. The van der Waals surface area contributed by atoms with Crippen molar-refractivity contribution in [2.45, 2.75) is 17.2 Å². The lowest BCUT2D eigenvalue weighted by Crippen LogP contribution is -2.18. The Morgan fingerprint density at radius 1 is 1.03 bits per heavy atom. The molecule has 1 aromatic heterocycles. The molecule has 0 aliphatic rings. The Morgan fingerprint density at radius 3 is 2.49 bits per heavy atom. The molecule has 182 valence electrons. The molecule has 0 bridgehead atoms. The van der Waals surface area contributed by atoms with E-state index in [1.54, 1.807) is 47.0 Å². The van der Waals surface area contributed by atoms with Gasteiger partial charge in [0, 0.05) is 39.4 Å². The number of hydrogen-bond acceptors (Lipinski definition) is 5. The molecule has 3 aromatic carbocycles.